The second kappa shape index (κ2) is 13.1. The van der Waals surface area contributed by atoms with Crippen molar-refractivity contribution in [3.63, 3.8) is 0 Å². The maximum Gasteiger partial charge on any atom is 0.331 e. The normalized spacial score (nSPS) is 37.3. The highest BCUT2D eigenvalue weighted by molar-refractivity contribution is 5.88. The molecule has 268 valence electrons. The lowest BCUT2D eigenvalue weighted by molar-refractivity contribution is -0.149. The second-order valence-electron chi connectivity index (χ2n) is 16.3. The van der Waals surface area contributed by atoms with Gasteiger partial charge in [-0.25, -0.2) is 9.59 Å². The molecule has 0 radical (unpaired) electrons. The number of piperidine rings is 2. The second-order valence-corrected chi connectivity index (χ2v) is 16.3. The molecule has 2 saturated carbocycles. The molecule has 0 unspecified atom stereocenters. The Hall–Kier alpha value is -2.72. The summed E-state index contributed by atoms with van der Waals surface area (Å²) in [6, 6.07) is 1.12. The van der Waals surface area contributed by atoms with Crippen LogP contribution < -0.4 is 0 Å². The Morgan fingerprint density at radius 2 is 1.16 bits per heavy atom. The van der Waals surface area contributed by atoms with Crippen LogP contribution in [0.25, 0.3) is 0 Å². The number of nitrogens with zero attached hydrogens (tertiary/aromatic N) is 4. The first kappa shape index (κ1) is 33.4. The van der Waals surface area contributed by atoms with Gasteiger partial charge in [-0.05, 0) is 88.4 Å². The Morgan fingerprint density at radius 3 is 1.59 bits per heavy atom. The van der Waals surface area contributed by atoms with Crippen molar-refractivity contribution in [2.24, 2.45) is 0 Å². The standard InChI is InChI=1S/C39H56N4O6/c1-3-16-42(28-20-26-22-36(46)48-38(26)24-30(28)40-18-10-8-12-32(38)40)34(44)14-6-5-7-15-35(45)43(17-4-2)29-21-27-23-37(47)49-39(27)25-31(29)41-19-11-9-13-33(39)41/h22-23,28-33H,3-21,24-25H2,1-2H3/t28-,29-,30+,31+,32-,33-,38+,39+/m0/s1. The molecule has 10 nitrogen and oxygen atoms in total. The van der Waals surface area contributed by atoms with Gasteiger partial charge in [-0.1, -0.05) is 33.1 Å². The van der Waals surface area contributed by atoms with Crippen molar-refractivity contribution in [2.45, 2.75) is 170 Å². The van der Waals surface area contributed by atoms with E-state index >= 15 is 0 Å². The highest BCUT2D eigenvalue weighted by Gasteiger charge is 2.66. The number of ether oxygens (including phenoxy) is 2. The van der Waals surface area contributed by atoms with Crippen molar-refractivity contribution in [3.05, 3.63) is 23.3 Å². The van der Waals surface area contributed by atoms with Crippen LogP contribution >= 0.6 is 0 Å². The zero-order valence-corrected chi connectivity index (χ0v) is 29.7. The van der Waals surface area contributed by atoms with Crippen molar-refractivity contribution in [2.75, 3.05) is 26.2 Å². The van der Waals surface area contributed by atoms with Gasteiger partial charge in [0.25, 0.3) is 0 Å². The van der Waals surface area contributed by atoms with Crippen LogP contribution in [-0.2, 0) is 28.7 Å². The molecule has 2 amide bonds. The Bertz CT molecular complexity index is 1320. The summed E-state index contributed by atoms with van der Waals surface area (Å²) in [5, 5.41) is 0. The maximum absolute atomic E-state index is 13.9. The van der Waals surface area contributed by atoms with Gasteiger partial charge in [0.05, 0.1) is 24.2 Å². The number of esters is 2. The van der Waals surface area contributed by atoms with Crippen LogP contribution in [0.5, 0.6) is 0 Å². The van der Waals surface area contributed by atoms with Gasteiger partial charge in [-0.2, -0.15) is 0 Å². The third-order valence-electron chi connectivity index (χ3n) is 13.7. The topological polar surface area (TPSA) is 99.7 Å². The molecule has 4 bridgehead atoms. The first-order chi connectivity index (χ1) is 23.8. The van der Waals surface area contributed by atoms with E-state index in [1.165, 1.54) is 0 Å². The number of carbonyl (C=O) groups is 4. The average Bonchev–Trinajstić information content (AvgIpc) is 3.79. The average molecular weight is 677 g/mol. The van der Waals surface area contributed by atoms with Gasteiger partial charge >= 0.3 is 11.9 Å². The number of hydrogen-bond acceptors (Lipinski definition) is 8. The Morgan fingerprint density at radius 1 is 0.714 bits per heavy atom. The minimum atomic E-state index is -0.467. The van der Waals surface area contributed by atoms with Gasteiger partial charge < -0.3 is 19.3 Å². The predicted octanol–water partition coefficient (Wildman–Crippen LogP) is 4.66. The van der Waals surface area contributed by atoms with E-state index < -0.39 is 11.2 Å². The molecule has 2 spiro atoms. The number of fused-ring (bicyclic) bond motifs is 6. The van der Waals surface area contributed by atoms with E-state index in [0.717, 1.165) is 134 Å². The smallest absolute Gasteiger partial charge is 0.331 e. The van der Waals surface area contributed by atoms with Crippen LogP contribution in [0.15, 0.2) is 23.3 Å². The molecular weight excluding hydrogens is 620 g/mol. The van der Waals surface area contributed by atoms with Gasteiger partial charge in [0.15, 0.2) is 11.2 Å². The fraction of sp³-hybridized carbons (Fsp3) is 0.795. The number of rotatable bonds is 12. The first-order valence-corrected chi connectivity index (χ1v) is 19.8. The van der Waals surface area contributed by atoms with E-state index in [1.807, 2.05) is 0 Å². The molecule has 6 fully saturated rings. The van der Waals surface area contributed by atoms with E-state index in [9.17, 15) is 19.2 Å². The van der Waals surface area contributed by atoms with Crippen LogP contribution in [0, 0.1) is 0 Å². The quantitative estimate of drug-likeness (QED) is 0.218. The Balaban J connectivity index is 0.881. The Kier molecular flexibility index (Phi) is 8.95. The molecule has 2 aliphatic carbocycles. The van der Waals surface area contributed by atoms with Crippen LogP contribution in [0.2, 0.25) is 0 Å². The molecular formula is C39H56N4O6. The van der Waals surface area contributed by atoms with E-state index in [1.54, 1.807) is 12.2 Å². The minimum absolute atomic E-state index is 0.0774. The predicted molar refractivity (Wildman–Crippen MR) is 183 cm³/mol. The lowest BCUT2D eigenvalue weighted by atomic mass is 9.75. The third-order valence-corrected chi connectivity index (χ3v) is 13.7. The summed E-state index contributed by atoms with van der Waals surface area (Å²) < 4.78 is 12.1. The SMILES string of the molecule is CCCN(C(=O)CCCCCC(=O)N(CCC)[C@H]1CC2=CC(=O)O[C@]23C[C@H]1N1CCCC[C@H]13)[C@H]1CC2=CC(=O)O[C@]23C[C@H]1N1CCCC[C@H]13. The molecule has 8 rings (SSSR count). The zero-order valence-electron chi connectivity index (χ0n) is 29.7. The van der Waals surface area contributed by atoms with E-state index in [4.69, 9.17) is 9.47 Å². The highest BCUT2D eigenvalue weighted by atomic mass is 16.6. The number of hydrogen-bond donors (Lipinski definition) is 0. The van der Waals surface area contributed by atoms with Crippen molar-refractivity contribution < 1.29 is 28.7 Å². The molecule has 0 N–H and O–H groups in total. The minimum Gasteiger partial charge on any atom is -0.450 e. The zero-order chi connectivity index (χ0) is 33.9. The van der Waals surface area contributed by atoms with Crippen LogP contribution in [0.4, 0.5) is 0 Å². The fourth-order valence-electron chi connectivity index (χ4n) is 11.8. The third kappa shape index (κ3) is 5.40. The monoisotopic (exact) mass is 676 g/mol. The summed E-state index contributed by atoms with van der Waals surface area (Å²) >= 11 is 0. The molecule has 8 aliphatic rings. The van der Waals surface area contributed by atoms with Crippen molar-refractivity contribution in [3.8, 4) is 0 Å². The molecule has 8 atom stereocenters. The molecule has 6 heterocycles. The molecule has 0 aromatic rings. The summed E-state index contributed by atoms with van der Waals surface area (Å²) in [4.78, 5) is 62.2. The molecule has 49 heavy (non-hydrogen) atoms. The van der Waals surface area contributed by atoms with Gasteiger partial charge in [0.1, 0.15) is 0 Å². The Labute approximate surface area is 291 Å². The van der Waals surface area contributed by atoms with Gasteiger partial charge in [0.2, 0.25) is 11.8 Å². The summed E-state index contributed by atoms with van der Waals surface area (Å²) in [5.41, 5.74) is 1.28. The van der Waals surface area contributed by atoms with E-state index in [0.29, 0.717) is 12.8 Å². The number of unbranched alkanes of at least 4 members (excludes halogenated alkanes) is 2. The molecule has 10 heteroatoms. The summed E-state index contributed by atoms with van der Waals surface area (Å²) in [7, 11) is 0. The number of carbonyl (C=O) groups excluding carboxylic acids is 4. The first-order valence-electron chi connectivity index (χ1n) is 19.8. The molecule has 6 aliphatic heterocycles. The van der Waals surface area contributed by atoms with Gasteiger partial charge in [0, 0.05) is 63.0 Å². The maximum atomic E-state index is 13.9. The van der Waals surface area contributed by atoms with Crippen molar-refractivity contribution >= 4 is 23.8 Å². The highest BCUT2D eigenvalue weighted by Crippen LogP contribution is 2.56. The molecule has 0 aromatic carbocycles. The van der Waals surface area contributed by atoms with Crippen LogP contribution in [-0.4, -0.2) is 117 Å². The van der Waals surface area contributed by atoms with Gasteiger partial charge in [-0.3, -0.25) is 19.4 Å². The van der Waals surface area contributed by atoms with Crippen molar-refractivity contribution in [1.82, 2.24) is 19.6 Å². The van der Waals surface area contributed by atoms with E-state index in [2.05, 4.69) is 33.4 Å². The largest absolute Gasteiger partial charge is 0.450 e. The van der Waals surface area contributed by atoms with Crippen LogP contribution in [0.1, 0.15) is 123 Å². The summed E-state index contributed by atoms with van der Waals surface area (Å²) in [5.74, 6) is -0.0153. The van der Waals surface area contributed by atoms with Crippen molar-refractivity contribution in [1.29, 1.82) is 0 Å². The van der Waals surface area contributed by atoms with Gasteiger partial charge in [-0.15, -0.1) is 0 Å². The lowest BCUT2D eigenvalue weighted by Crippen LogP contribution is -2.54. The van der Waals surface area contributed by atoms with E-state index in [-0.39, 0.29) is 60.0 Å². The molecule has 0 aromatic heterocycles. The summed E-state index contributed by atoms with van der Waals surface area (Å²) in [6.45, 7) is 7.76. The summed E-state index contributed by atoms with van der Waals surface area (Å²) in [6.07, 6.45) is 18.5. The molecule has 4 saturated heterocycles. The lowest BCUT2D eigenvalue weighted by Gasteiger charge is -2.42. The number of amides is 2. The fourth-order valence-corrected chi connectivity index (χ4v) is 11.8. The van der Waals surface area contributed by atoms with Crippen LogP contribution in [0.3, 0.4) is 0 Å².